The van der Waals surface area contributed by atoms with E-state index in [0.29, 0.717) is 45.4 Å². The lowest BCUT2D eigenvalue weighted by Crippen LogP contribution is -2.40. The SMILES string of the molecule is O=C(O)CCN1CCC(Nc2cc(N3CCOCC3)nc(NCc3cn(CCCOc4ccccc4)nn3)n2)CC1. The van der Waals surface area contributed by atoms with E-state index in [2.05, 4.69) is 30.7 Å². The Morgan fingerprint density at radius 1 is 1.07 bits per heavy atom. The van der Waals surface area contributed by atoms with Crippen molar-refractivity contribution < 1.29 is 19.4 Å². The molecule has 2 saturated heterocycles. The Morgan fingerprint density at radius 2 is 1.88 bits per heavy atom. The Labute approximate surface area is 239 Å². The molecule has 0 saturated carbocycles. The molecule has 5 rings (SSSR count). The number of nitrogens with one attached hydrogen (secondary N) is 2. The predicted molar refractivity (Wildman–Crippen MR) is 154 cm³/mol. The molecule has 2 aromatic heterocycles. The van der Waals surface area contributed by atoms with Crippen molar-refractivity contribution >= 4 is 23.6 Å². The van der Waals surface area contributed by atoms with Crippen LogP contribution in [0.15, 0.2) is 42.6 Å². The molecule has 3 aromatic rings. The highest BCUT2D eigenvalue weighted by Crippen LogP contribution is 2.22. The van der Waals surface area contributed by atoms with E-state index < -0.39 is 5.97 Å². The second-order valence-corrected chi connectivity index (χ2v) is 10.3. The number of para-hydroxylation sites is 1. The normalized spacial score (nSPS) is 16.4. The molecular weight excluding hydrogens is 526 g/mol. The van der Waals surface area contributed by atoms with Crippen molar-refractivity contribution in [2.24, 2.45) is 0 Å². The van der Waals surface area contributed by atoms with E-state index in [9.17, 15) is 4.79 Å². The van der Waals surface area contributed by atoms with Crippen LogP contribution in [0.5, 0.6) is 5.75 Å². The van der Waals surface area contributed by atoms with Gasteiger partial charge in [0.15, 0.2) is 0 Å². The third-order valence-corrected chi connectivity index (χ3v) is 7.19. The van der Waals surface area contributed by atoms with Crippen LogP contribution in [0.1, 0.15) is 31.4 Å². The number of nitrogens with zero attached hydrogens (tertiary/aromatic N) is 7. The zero-order valence-corrected chi connectivity index (χ0v) is 23.3. The average molecular weight is 566 g/mol. The number of carboxylic acid groups (broad SMARTS) is 1. The smallest absolute Gasteiger partial charge is 0.304 e. The Bertz CT molecular complexity index is 1230. The molecule has 4 heterocycles. The van der Waals surface area contributed by atoms with Crippen molar-refractivity contribution in [1.82, 2.24) is 29.9 Å². The molecule has 13 nitrogen and oxygen atoms in total. The van der Waals surface area contributed by atoms with E-state index in [1.54, 1.807) is 0 Å². The number of rotatable bonds is 14. The summed E-state index contributed by atoms with van der Waals surface area (Å²) in [6.45, 7) is 7.00. The molecule has 0 unspecified atom stereocenters. The molecule has 0 bridgehead atoms. The largest absolute Gasteiger partial charge is 0.494 e. The second-order valence-electron chi connectivity index (χ2n) is 10.3. The number of anilines is 3. The van der Waals surface area contributed by atoms with Crippen molar-refractivity contribution in [1.29, 1.82) is 0 Å². The van der Waals surface area contributed by atoms with Gasteiger partial charge in [0, 0.05) is 57.8 Å². The van der Waals surface area contributed by atoms with Gasteiger partial charge in [-0.3, -0.25) is 9.48 Å². The highest BCUT2D eigenvalue weighted by atomic mass is 16.5. The predicted octanol–water partition coefficient (Wildman–Crippen LogP) is 2.34. The Hall–Kier alpha value is -3.97. The van der Waals surface area contributed by atoms with Crippen molar-refractivity contribution in [2.45, 2.75) is 44.8 Å². The summed E-state index contributed by atoms with van der Waals surface area (Å²) in [5, 5.41) is 24.4. The fourth-order valence-electron chi connectivity index (χ4n) is 4.94. The lowest BCUT2D eigenvalue weighted by molar-refractivity contribution is -0.137. The summed E-state index contributed by atoms with van der Waals surface area (Å²) in [6, 6.07) is 12.1. The van der Waals surface area contributed by atoms with Gasteiger partial charge >= 0.3 is 5.97 Å². The van der Waals surface area contributed by atoms with Crippen LogP contribution >= 0.6 is 0 Å². The number of morpholine rings is 1. The molecule has 0 atom stereocenters. The second kappa shape index (κ2) is 14.6. The number of ether oxygens (including phenoxy) is 2. The maximum atomic E-state index is 10.9. The van der Waals surface area contributed by atoms with Gasteiger partial charge < -0.3 is 35.0 Å². The molecule has 220 valence electrons. The Kier molecular flexibility index (Phi) is 10.2. The van der Waals surface area contributed by atoms with E-state index in [4.69, 9.17) is 24.5 Å². The van der Waals surface area contributed by atoms with E-state index in [1.807, 2.05) is 47.3 Å². The number of carboxylic acids is 1. The van der Waals surface area contributed by atoms with Crippen molar-refractivity contribution in [3.63, 3.8) is 0 Å². The maximum absolute atomic E-state index is 10.9. The molecule has 1 aromatic carbocycles. The Morgan fingerprint density at radius 3 is 2.66 bits per heavy atom. The van der Waals surface area contributed by atoms with Gasteiger partial charge in [0.1, 0.15) is 23.1 Å². The zero-order valence-electron chi connectivity index (χ0n) is 23.3. The molecule has 2 aliphatic heterocycles. The number of aryl methyl sites for hydroxylation is 1. The maximum Gasteiger partial charge on any atom is 0.304 e. The van der Waals surface area contributed by atoms with Crippen LogP contribution < -0.4 is 20.3 Å². The summed E-state index contributed by atoms with van der Waals surface area (Å²) in [6.07, 6.45) is 4.79. The summed E-state index contributed by atoms with van der Waals surface area (Å²) < 4.78 is 13.1. The molecule has 41 heavy (non-hydrogen) atoms. The van der Waals surface area contributed by atoms with E-state index in [1.165, 1.54) is 0 Å². The number of hydrogen-bond donors (Lipinski definition) is 3. The van der Waals surface area contributed by atoms with Crippen LogP contribution in [0.2, 0.25) is 0 Å². The standard InChI is InChI=1S/C28H39N9O4/c38-27(39)9-13-35-11-7-22(8-12-35)30-25-19-26(36-14-17-40-18-15-36)32-28(31-25)29-20-23-21-37(34-33-23)10-4-16-41-24-5-2-1-3-6-24/h1-3,5-6,19,21-22H,4,7-18,20H2,(H,38,39)(H2,29,30,31,32). The van der Waals surface area contributed by atoms with Gasteiger partial charge in [-0.15, -0.1) is 5.10 Å². The van der Waals surface area contributed by atoms with Crippen LogP contribution in [-0.4, -0.2) is 99.5 Å². The summed E-state index contributed by atoms with van der Waals surface area (Å²) >= 11 is 0. The zero-order chi connectivity index (χ0) is 28.3. The van der Waals surface area contributed by atoms with Gasteiger partial charge in [-0.1, -0.05) is 23.4 Å². The summed E-state index contributed by atoms with van der Waals surface area (Å²) in [7, 11) is 0. The highest BCUT2D eigenvalue weighted by molar-refractivity contribution is 5.66. The number of aliphatic carboxylic acids is 1. The molecule has 13 heteroatoms. The molecular formula is C28H39N9O4. The van der Waals surface area contributed by atoms with Crippen LogP contribution in [0.3, 0.4) is 0 Å². The number of aromatic nitrogens is 5. The monoisotopic (exact) mass is 565 g/mol. The van der Waals surface area contributed by atoms with Crippen LogP contribution in [-0.2, 0) is 22.6 Å². The van der Waals surface area contributed by atoms with Crippen molar-refractivity contribution in [3.8, 4) is 5.75 Å². The molecule has 0 radical (unpaired) electrons. The number of hydrogen-bond acceptors (Lipinski definition) is 11. The topological polar surface area (TPSA) is 143 Å². The van der Waals surface area contributed by atoms with E-state index in [-0.39, 0.29) is 12.5 Å². The first-order valence-corrected chi connectivity index (χ1v) is 14.3. The van der Waals surface area contributed by atoms with Crippen LogP contribution in [0.4, 0.5) is 17.6 Å². The minimum atomic E-state index is -0.752. The van der Waals surface area contributed by atoms with Crippen LogP contribution in [0.25, 0.3) is 0 Å². The van der Waals surface area contributed by atoms with Gasteiger partial charge in [0.05, 0.1) is 39.0 Å². The molecule has 0 spiro atoms. The summed E-state index contributed by atoms with van der Waals surface area (Å²) in [5.74, 6) is 2.27. The van der Waals surface area contributed by atoms with Crippen molar-refractivity contribution in [3.05, 3.63) is 48.3 Å². The van der Waals surface area contributed by atoms with Gasteiger partial charge in [0.25, 0.3) is 0 Å². The molecule has 2 fully saturated rings. The molecule has 2 aliphatic rings. The lowest BCUT2D eigenvalue weighted by Gasteiger charge is -2.32. The minimum Gasteiger partial charge on any atom is -0.494 e. The first kappa shape index (κ1) is 28.6. The molecule has 3 N–H and O–H groups in total. The van der Waals surface area contributed by atoms with Crippen LogP contribution in [0, 0.1) is 0 Å². The quantitative estimate of drug-likeness (QED) is 0.247. The fraction of sp³-hybridized carbons (Fsp3) is 0.536. The third kappa shape index (κ3) is 9.02. The Balaban J connectivity index is 1.15. The summed E-state index contributed by atoms with van der Waals surface area (Å²) in [5.41, 5.74) is 0.803. The first-order valence-electron chi connectivity index (χ1n) is 14.3. The average Bonchev–Trinajstić information content (AvgIpc) is 3.46. The van der Waals surface area contributed by atoms with Gasteiger partial charge in [-0.25, -0.2) is 0 Å². The van der Waals surface area contributed by atoms with Gasteiger partial charge in [-0.2, -0.15) is 9.97 Å². The third-order valence-electron chi connectivity index (χ3n) is 7.19. The minimum absolute atomic E-state index is 0.179. The first-order chi connectivity index (χ1) is 20.1. The van der Waals surface area contributed by atoms with Gasteiger partial charge in [0.2, 0.25) is 5.95 Å². The molecule has 0 aliphatic carbocycles. The number of likely N-dealkylation sites (tertiary alicyclic amines) is 1. The van der Waals surface area contributed by atoms with Crippen molar-refractivity contribution in [2.75, 3.05) is 68.1 Å². The van der Waals surface area contributed by atoms with E-state index >= 15 is 0 Å². The lowest BCUT2D eigenvalue weighted by atomic mass is 10.0. The number of benzene rings is 1. The fourth-order valence-corrected chi connectivity index (χ4v) is 4.94. The molecule has 0 amide bonds. The van der Waals surface area contributed by atoms with Gasteiger partial charge in [-0.05, 0) is 25.0 Å². The van der Waals surface area contributed by atoms with E-state index in [0.717, 1.165) is 68.5 Å². The number of piperidine rings is 1. The summed E-state index contributed by atoms with van der Waals surface area (Å²) in [4.78, 5) is 24.9. The highest BCUT2D eigenvalue weighted by Gasteiger charge is 2.21. The number of carbonyl (C=O) groups is 1.